The predicted molar refractivity (Wildman–Crippen MR) is 107 cm³/mol. The van der Waals surface area contributed by atoms with Crippen molar-refractivity contribution in [1.82, 2.24) is 24.8 Å². The fourth-order valence-corrected chi connectivity index (χ4v) is 4.08. The first-order chi connectivity index (χ1) is 14.8. The maximum Gasteiger partial charge on any atom is 0.276 e. The molecule has 166 valence electrons. The molecular formula is C21H25F2N5O3. The summed E-state index contributed by atoms with van der Waals surface area (Å²) in [5.41, 5.74) is 1.95. The zero-order chi connectivity index (χ0) is 22.0. The number of alkyl halides is 2. The number of rotatable bonds is 5. The lowest BCUT2D eigenvalue weighted by atomic mass is 10.1. The molecule has 1 aromatic carbocycles. The van der Waals surface area contributed by atoms with Crippen LogP contribution in [0, 0.1) is 6.92 Å². The molecule has 0 unspecified atom stereocenters. The van der Waals surface area contributed by atoms with E-state index in [2.05, 4.69) is 10.3 Å². The Morgan fingerprint density at radius 1 is 1.26 bits per heavy atom. The SMILES string of the molecule is Cc1cccc(CC(=O)N2CC(F)(F)C[C@H]2Cn2cc(C(=O)N3CCOCC3)nn2)c1. The number of hydrogen-bond donors (Lipinski definition) is 0. The summed E-state index contributed by atoms with van der Waals surface area (Å²) in [5.74, 6) is -3.57. The minimum absolute atomic E-state index is 0.0541. The minimum atomic E-state index is -2.96. The van der Waals surface area contributed by atoms with Crippen molar-refractivity contribution in [2.75, 3.05) is 32.8 Å². The molecule has 0 radical (unpaired) electrons. The zero-order valence-corrected chi connectivity index (χ0v) is 17.3. The molecule has 2 amide bonds. The second-order valence-corrected chi connectivity index (χ2v) is 8.13. The van der Waals surface area contributed by atoms with E-state index in [4.69, 9.17) is 4.74 Å². The third kappa shape index (κ3) is 5.07. The lowest BCUT2D eigenvalue weighted by Crippen LogP contribution is -2.41. The average Bonchev–Trinajstić information content (AvgIpc) is 3.32. The van der Waals surface area contributed by atoms with Crippen LogP contribution in [0.2, 0.25) is 0 Å². The fraction of sp³-hybridized carbons (Fsp3) is 0.524. The molecule has 4 rings (SSSR count). The molecule has 1 atom stereocenters. The van der Waals surface area contributed by atoms with E-state index in [1.165, 1.54) is 15.8 Å². The standard InChI is InChI=1S/C21H25F2N5O3/c1-15-3-2-4-16(9-15)10-19(29)28-14-21(22,23)11-17(28)12-27-13-18(24-25-27)20(30)26-5-7-31-8-6-26/h2-4,9,13,17H,5-8,10-12,14H2,1H3/t17-/m0/s1. The molecule has 0 spiro atoms. The molecule has 3 heterocycles. The van der Waals surface area contributed by atoms with Crippen LogP contribution in [0.5, 0.6) is 0 Å². The van der Waals surface area contributed by atoms with Crippen LogP contribution in [0.1, 0.15) is 28.0 Å². The van der Waals surface area contributed by atoms with Gasteiger partial charge in [0.15, 0.2) is 5.69 Å². The van der Waals surface area contributed by atoms with Gasteiger partial charge in [0.2, 0.25) is 5.91 Å². The molecule has 8 nitrogen and oxygen atoms in total. The summed E-state index contributed by atoms with van der Waals surface area (Å²) in [6, 6.07) is 6.73. The number of likely N-dealkylation sites (tertiary alicyclic amines) is 1. The first-order valence-corrected chi connectivity index (χ1v) is 10.3. The number of carbonyl (C=O) groups excluding carboxylic acids is 2. The average molecular weight is 433 g/mol. The highest BCUT2D eigenvalue weighted by Crippen LogP contribution is 2.33. The van der Waals surface area contributed by atoms with Crippen LogP contribution in [-0.4, -0.2) is 81.4 Å². The number of aromatic nitrogens is 3. The number of hydrogen-bond acceptors (Lipinski definition) is 5. The van der Waals surface area contributed by atoms with E-state index in [1.54, 1.807) is 4.90 Å². The van der Waals surface area contributed by atoms with Gasteiger partial charge in [-0.15, -0.1) is 5.10 Å². The Balaban J connectivity index is 1.44. The molecule has 0 N–H and O–H groups in total. The summed E-state index contributed by atoms with van der Waals surface area (Å²) < 4.78 is 35.0. The van der Waals surface area contributed by atoms with E-state index in [1.807, 2.05) is 31.2 Å². The lowest BCUT2D eigenvalue weighted by molar-refractivity contribution is -0.132. The van der Waals surface area contributed by atoms with E-state index in [9.17, 15) is 18.4 Å². The first-order valence-electron chi connectivity index (χ1n) is 10.3. The minimum Gasteiger partial charge on any atom is -0.378 e. The van der Waals surface area contributed by atoms with E-state index in [-0.39, 0.29) is 30.5 Å². The second kappa shape index (κ2) is 8.70. The highest BCUT2D eigenvalue weighted by molar-refractivity contribution is 5.92. The Hall–Kier alpha value is -2.88. The molecule has 31 heavy (non-hydrogen) atoms. The number of ether oxygens (including phenoxy) is 1. The third-order valence-electron chi connectivity index (χ3n) is 5.59. The lowest BCUT2D eigenvalue weighted by Gasteiger charge is -2.25. The Labute approximate surface area is 178 Å². The summed E-state index contributed by atoms with van der Waals surface area (Å²) in [6.45, 7) is 3.24. The number of halogens is 2. The van der Waals surface area contributed by atoms with Gasteiger partial charge in [0.25, 0.3) is 11.8 Å². The van der Waals surface area contributed by atoms with Gasteiger partial charge in [0.05, 0.1) is 45.0 Å². The fourth-order valence-electron chi connectivity index (χ4n) is 4.08. The Morgan fingerprint density at radius 3 is 2.77 bits per heavy atom. The highest BCUT2D eigenvalue weighted by Gasteiger charge is 2.47. The number of morpholine rings is 1. The van der Waals surface area contributed by atoms with E-state index >= 15 is 0 Å². The predicted octanol–water partition coefficient (Wildman–Crippen LogP) is 1.54. The van der Waals surface area contributed by atoms with Crippen molar-refractivity contribution in [3.05, 3.63) is 47.3 Å². The van der Waals surface area contributed by atoms with Gasteiger partial charge >= 0.3 is 0 Å². The zero-order valence-electron chi connectivity index (χ0n) is 17.3. The van der Waals surface area contributed by atoms with E-state index in [0.717, 1.165) is 11.1 Å². The van der Waals surface area contributed by atoms with Gasteiger partial charge in [0, 0.05) is 19.5 Å². The van der Waals surface area contributed by atoms with Gasteiger partial charge in [-0.2, -0.15) is 0 Å². The molecule has 2 aromatic rings. The molecule has 2 aliphatic rings. The highest BCUT2D eigenvalue weighted by atomic mass is 19.3. The van der Waals surface area contributed by atoms with Gasteiger partial charge in [-0.05, 0) is 12.5 Å². The van der Waals surface area contributed by atoms with Gasteiger partial charge in [-0.1, -0.05) is 35.0 Å². The van der Waals surface area contributed by atoms with Crippen LogP contribution in [0.3, 0.4) is 0 Å². The van der Waals surface area contributed by atoms with E-state index < -0.39 is 24.9 Å². The number of aryl methyl sites for hydroxylation is 1. The second-order valence-electron chi connectivity index (χ2n) is 8.13. The quantitative estimate of drug-likeness (QED) is 0.715. The van der Waals surface area contributed by atoms with Crippen molar-refractivity contribution in [1.29, 1.82) is 0 Å². The van der Waals surface area contributed by atoms with Crippen molar-refractivity contribution in [3.8, 4) is 0 Å². The Kier molecular flexibility index (Phi) is 5.99. The van der Waals surface area contributed by atoms with Crippen molar-refractivity contribution in [2.45, 2.75) is 38.3 Å². The summed E-state index contributed by atoms with van der Waals surface area (Å²) >= 11 is 0. The van der Waals surface area contributed by atoms with Crippen LogP contribution in [0.15, 0.2) is 30.5 Å². The van der Waals surface area contributed by atoms with Gasteiger partial charge in [0.1, 0.15) is 0 Å². The molecule has 10 heteroatoms. The summed E-state index contributed by atoms with van der Waals surface area (Å²) in [5, 5.41) is 7.84. The van der Waals surface area contributed by atoms with Gasteiger partial charge in [-0.3, -0.25) is 9.59 Å². The van der Waals surface area contributed by atoms with Crippen LogP contribution in [0.25, 0.3) is 0 Å². The van der Waals surface area contributed by atoms with Crippen LogP contribution >= 0.6 is 0 Å². The largest absolute Gasteiger partial charge is 0.378 e. The Bertz CT molecular complexity index is 958. The summed E-state index contributed by atoms with van der Waals surface area (Å²) in [6.07, 6.45) is 1.07. The number of amides is 2. The van der Waals surface area contributed by atoms with Crippen LogP contribution < -0.4 is 0 Å². The van der Waals surface area contributed by atoms with Crippen LogP contribution in [0.4, 0.5) is 8.78 Å². The van der Waals surface area contributed by atoms with E-state index in [0.29, 0.717) is 26.3 Å². The number of nitrogens with zero attached hydrogens (tertiary/aromatic N) is 5. The van der Waals surface area contributed by atoms with Gasteiger partial charge in [-0.25, -0.2) is 13.5 Å². The normalized spacial score (nSPS) is 20.8. The number of benzene rings is 1. The summed E-state index contributed by atoms with van der Waals surface area (Å²) in [7, 11) is 0. The van der Waals surface area contributed by atoms with Crippen LogP contribution in [-0.2, 0) is 22.5 Å². The molecule has 0 aliphatic carbocycles. The molecule has 1 aromatic heterocycles. The first kappa shape index (κ1) is 21.4. The molecule has 2 aliphatic heterocycles. The van der Waals surface area contributed by atoms with Crippen molar-refractivity contribution >= 4 is 11.8 Å². The topological polar surface area (TPSA) is 80.6 Å². The monoisotopic (exact) mass is 433 g/mol. The van der Waals surface area contributed by atoms with Crippen molar-refractivity contribution in [2.24, 2.45) is 0 Å². The molecular weight excluding hydrogens is 408 g/mol. The molecule has 2 saturated heterocycles. The third-order valence-corrected chi connectivity index (χ3v) is 5.59. The van der Waals surface area contributed by atoms with Crippen molar-refractivity contribution < 1.29 is 23.1 Å². The van der Waals surface area contributed by atoms with Gasteiger partial charge < -0.3 is 14.5 Å². The maximum atomic E-state index is 14.2. The summed E-state index contributed by atoms with van der Waals surface area (Å²) in [4.78, 5) is 28.2. The van der Waals surface area contributed by atoms with Crippen molar-refractivity contribution in [3.63, 3.8) is 0 Å². The smallest absolute Gasteiger partial charge is 0.276 e. The maximum absolute atomic E-state index is 14.2. The molecule has 2 fully saturated rings. The molecule has 0 saturated carbocycles. The Morgan fingerprint density at radius 2 is 2.03 bits per heavy atom. The number of carbonyl (C=O) groups is 2. The molecule has 0 bridgehead atoms.